The maximum atomic E-state index is 13.0. The molecule has 11 nitrogen and oxygen atoms in total. The Kier molecular flexibility index (Phi) is 7.06. The number of carboxylic acids is 1. The molecule has 35 heavy (non-hydrogen) atoms. The Morgan fingerprint density at radius 3 is 2.51 bits per heavy atom. The molecule has 182 valence electrons. The van der Waals surface area contributed by atoms with Gasteiger partial charge >= 0.3 is 5.97 Å². The Morgan fingerprint density at radius 1 is 1.03 bits per heavy atom. The summed E-state index contributed by atoms with van der Waals surface area (Å²) < 4.78 is 11.0. The predicted molar refractivity (Wildman–Crippen MR) is 121 cm³/mol. The van der Waals surface area contributed by atoms with E-state index in [1.165, 1.54) is 18.2 Å². The second-order valence-corrected chi connectivity index (χ2v) is 7.89. The highest BCUT2D eigenvalue weighted by atomic mass is 16.5. The van der Waals surface area contributed by atoms with Gasteiger partial charge in [0.15, 0.2) is 0 Å². The number of hydrogen-bond acceptors (Lipinski definition) is 8. The van der Waals surface area contributed by atoms with Gasteiger partial charge in [0.1, 0.15) is 18.4 Å². The average Bonchev–Trinajstić information content (AvgIpc) is 3.09. The monoisotopic (exact) mass is 481 g/mol. The minimum Gasteiger partial charge on any atom is -0.491 e. The van der Waals surface area contributed by atoms with Crippen LogP contribution in [0.2, 0.25) is 0 Å². The van der Waals surface area contributed by atoms with Gasteiger partial charge in [-0.3, -0.25) is 29.4 Å². The van der Waals surface area contributed by atoms with Crippen molar-refractivity contribution in [2.45, 2.75) is 18.9 Å². The molecule has 2 aliphatic heterocycles. The zero-order valence-corrected chi connectivity index (χ0v) is 18.6. The first-order valence-electron chi connectivity index (χ1n) is 11.0. The molecule has 1 fully saturated rings. The van der Waals surface area contributed by atoms with Crippen molar-refractivity contribution in [2.75, 3.05) is 31.7 Å². The van der Waals surface area contributed by atoms with Crippen molar-refractivity contribution in [1.82, 2.24) is 10.2 Å². The fraction of sp³-hybridized carbons (Fsp3) is 0.292. The third-order valence-electron chi connectivity index (χ3n) is 5.63. The Morgan fingerprint density at radius 2 is 1.80 bits per heavy atom. The lowest BCUT2D eigenvalue weighted by Gasteiger charge is -2.27. The Labute approximate surface area is 200 Å². The molecule has 11 heteroatoms. The predicted octanol–water partition coefficient (Wildman–Crippen LogP) is 1.29. The van der Waals surface area contributed by atoms with E-state index >= 15 is 0 Å². The number of ether oxygens (including phenoxy) is 2. The highest BCUT2D eigenvalue weighted by Crippen LogP contribution is 2.32. The second kappa shape index (κ2) is 10.3. The van der Waals surface area contributed by atoms with Crippen LogP contribution in [0.5, 0.6) is 5.75 Å². The van der Waals surface area contributed by atoms with Crippen molar-refractivity contribution in [1.29, 1.82) is 0 Å². The van der Waals surface area contributed by atoms with Crippen molar-refractivity contribution in [3.05, 3.63) is 59.2 Å². The molecule has 1 atom stereocenters. The van der Waals surface area contributed by atoms with E-state index in [9.17, 15) is 24.0 Å². The smallest absolute Gasteiger partial charge is 0.335 e. The average molecular weight is 481 g/mol. The summed E-state index contributed by atoms with van der Waals surface area (Å²) in [5.41, 5.74) is 1.02. The number of nitrogens with zero attached hydrogens (tertiary/aromatic N) is 1. The molecule has 4 rings (SSSR count). The normalized spacial score (nSPS) is 17.3. The molecule has 2 heterocycles. The third-order valence-corrected chi connectivity index (χ3v) is 5.63. The maximum absolute atomic E-state index is 13.0. The van der Waals surface area contributed by atoms with Crippen LogP contribution in [0.15, 0.2) is 42.5 Å². The van der Waals surface area contributed by atoms with Gasteiger partial charge in [-0.2, -0.15) is 0 Å². The minimum atomic E-state index is -1.02. The number of fused-ring (bicyclic) bond motifs is 1. The first-order valence-corrected chi connectivity index (χ1v) is 11.0. The number of nitrogens with one attached hydrogen (secondary N) is 2. The van der Waals surface area contributed by atoms with Crippen molar-refractivity contribution < 1.29 is 38.6 Å². The van der Waals surface area contributed by atoms with Crippen molar-refractivity contribution in [3.8, 4) is 5.75 Å². The largest absolute Gasteiger partial charge is 0.491 e. The molecule has 2 aliphatic rings. The van der Waals surface area contributed by atoms with E-state index in [-0.39, 0.29) is 42.7 Å². The molecular weight excluding hydrogens is 458 g/mol. The molecule has 1 unspecified atom stereocenters. The van der Waals surface area contributed by atoms with Crippen LogP contribution in [0.25, 0.3) is 0 Å². The summed E-state index contributed by atoms with van der Waals surface area (Å²) in [7, 11) is 0. The summed E-state index contributed by atoms with van der Waals surface area (Å²) in [6, 6.07) is 9.86. The molecule has 0 radical (unpaired) electrons. The topological polar surface area (TPSA) is 151 Å². The molecular formula is C24H23N3O8. The van der Waals surface area contributed by atoms with Crippen LogP contribution in [0.4, 0.5) is 5.69 Å². The zero-order valence-electron chi connectivity index (χ0n) is 18.6. The Bertz CT molecular complexity index is 1180. The Hall–Kier alpha value is -4.25. The van der Waals surface area contributed by atoms with Crippen LogP contribution in [-0.4, -0.2) is 72.0 Å². The van der Waals surface area contributed by atoms with Crippen LogP contribution in [-0.2, 0) is 14.3 Å². The molecule has 0 bridgehead atoms. The van der Waals surface area contributed by atoms with Gasteiger partial charge in [0, 0.05) is 18.7 Å². The van der Waals surface area contributed by atoms with Crippen LogP contribution in [0.1, 0.15) is 43.9 Å². The minimum absolute atomic E-state index is 0.0591. The van der Waals surface area contributed by atoms with Crippen molar-refractivity contribution in [3.63, 3.8) is 0 Å². The van der Waals surface area contributed by atoms with E-state index in [0.717, 1.165) is 4.90 Å². The summed E-state index contributed by atoms with van der Waals surface area (Å²) in [6.07, 6.45) is 0.155. The standard InChI is InChI=1S/C24H23N3O8/c28-19-9-8-18(21(29)26-19)27-22(30)16-2-1-3-17(20(16)23(27)31)25-10-11-34-12-13-35-15-6-4-14(5-7-15)24(32)33/h1-7,18,25H,8-13H2,(H,32,33)(H,26,28,29). The zero-order chi connectivity index (χ0) is 24.9. The molecule has 2 aromatic rings. The lowest BCUT2D eigenvalue weighted by molar-refractivity contribution is -0.136. The van der Waals surface area contributed by atoms with Crippen LogP contribution in [0.3, 0.4) is 0 Å². The summed E-state index contributed by atoms with van der Waals surface area (Å²) >= 11 is 0. The first kappa shape index (κ1) is 23.9. The van der Waals surface area contributed by atoms with E-state index in [2.05, 4.69) is 10.6 Å². The number of carbonyl (C=O) groups excluding carboxylic acids is 4. The second-order valence-electron chi connectivity index (χ2n) is 7.89. The fourth-order valence-electron chi connectivity index (χ4n) is 3.93. The highest BCUT2D eigenvalue weighted by molar-refractivity contribution is 6.25. The van der Waals surface area contributed by atoms with E-state index in [1.807, 2.05) is 0 Å². The number of anilines is 1. The number of rotatable bonds is 10. The summed E-state index contributed by atoms with van der Waals surface area (Å²) in [5.74, 6) is -2.70. The number of imide groups is 2. The van der Waals surface area contributed by atoms with Gasteiger partial charge < -0.3 is 19.9 Å². The lowest BCUT2D eigenvalue weighted by atomic mass is 10.0. The molecule has 1 saturated heterocycles. The molecule has 2 aromatic carbocycles. The van der Waals surface area contributed by atoms with Gasteiger partial charge in [0.05, 0.1) is 29.9 Å². The van der Waals surface area contributed by atoms with Gasteiger partial charge in [-0.1, -0.05) is 6.07 Å². The third kappa shape index (κ3) is 5.14. The van der Waals surface area contributed by atoms with Crippen molar-refractivity contribution >= 4 is 35.3 Å². The molecule has 0 saturated carbocycles. The van der Waals surface area contributed by atoms with Gasteiger partial charge in [0.2, 0.25) is 11.8 Å². The lowest BCUT2D eigenvalue weighted by Crippen LogP contribution is -2.54. The van der Waals surface area contributed by atoms with Crippen LogP contribution >= 0.6 is 0 Å². The molecule has 4 amide bonds. The summed E-state index contributed by atoms with van der Waals surface area (Å²) in [4.78, 5) is 61.3. The summed E-state index contributed by atoms with van der Waals surface area (Å²) in [5, 5.41) is 14.2. The first-order chi connectivity index (χ1) is 16.9. The molecule has 0 spiro atoms. The van der Waals surface area contributed by atoms with Gasteiger partial charge in [-0.15, -0.1) is 0 Å². The highest BCUT2D eigenvalue weighted by Gasteiger charge is 2.45. The van der Waals surface area contributed by atoms with E-state index < -0.39 is 35.6 Å². The van der Waals surface area contributed by atoms with E-state index in [4.69, 9.17) is 14.6 Å². The van der Waals surface area contributed by atoms with Crippen LogP contribution < -0.4 is 15.4 Å². The summed E-state index contributed by atoms with van der Waals surface area (Å²) in [6.45, 7) is 1.20. The molecule has 3 N–H and O–H groups in total. The SMILES string of the molecule is O=C1CCC(N2C(=O)c3cccc(NCCOCCOc4ccc(C(=O)O)cc4)c3C2=O)C(=O)N1. The number of aromatic carboxylic acids is 1. The number of benzene rings is 2. The molecule has 0 aromatic heterocycles. The maximum Gasteiger partial charge on any atom is 0.335 e. The number of hydrogen-bond donors (Lipinski definition) is 3. The van der Waals surface area contributed by atoms with E-state index in [0.29, 0.717) is 24.6 Å². The Balaban J connectivity index is 1.26. The number of carbonyl (C=O) groups is 5. The van der Waals surface area contributed by atoms with Crippen molar-refractivity contribution in [2.24, 2.45) is 0 Å². The van der Waals surface area contributed by atoms with Gasteiger partial charge in [0.25, 0.3) is 11.8 Å². The quantitative estimate of drug-likeness (QED) is 0.337. The molecule has 0 aliphatic carbocycles. The van der Waals surface area contributed by atoms with E-state index in [1.54, 1.807) is 24.3 Å². The van der Waals surface area contributed by atoms with Gasteiger partial charge in [-0.25, -0.2) is 4.79 Å². The number of carboxylic acid groups (broad SMARTS) is 1. The van der Waals surface area contributed by atoms with Gasteiger partial charge in [-0.05, 0) is 42.8 Å². The number of amides is 4. The number of piperidine rings is 1. The fourth-order valence-corrected chi connectivity index (χ4v) is 3.93. The van der Waals surface area contributed by atoms with Crippen LogP contribution in [0, 0.1) is 0 Å².